The van der Waals surface area contributed by atoms with Crippen molar-refractivity contribution in [3.63, 3.8) is 0 Å². The number of amides is 1. The van der Waals surface area contributed by atoms with Crippen LogP contribution in [0, 0.1) is 29.6 Å². The first-order valence-electron chi connectivity index (χ1n) is 9.88. The average molecular weight is 341 g/mol. The topological polar surface area (TPSA) is 38.8 Å². The maximum absolute atomic E-state index is 13.4. The summed E-state index contributed by atoms with van der Waals surface area (Å²) < 4.78 is 10.9. The van der Waals surface area contributed by atoms with Crippen LogP contribution in [0.3, 0.4) is 0 Å². The fraction of sp³-hybridized carbons (Fsp3) is 0.667. The van der Waals surface area contributed by atoms with Crippen molar-refractivity contribution in [1.29, 1.82) is 0 Å². The van der Waals surface area contributed by atoms with Gasteiger partial charge in [-0.2, -0.15) is 0 Å². The Hall–Kier alpha value is -1.71. The van der Waals surface area contributed by atoms with Crippen molar-refractivity contribution in [1.82, 2.24) is 4.90 Å². The predicted octanol–water partition coefficient (Wildman–Crippen LogP) is 3.84. The van der Waals surface area contributed by atoms with Crippen LogP contribution < -0.4 is 9.47 Å². The number of nitrogens with zero attached hydrogens (tertiary/aromatic N) is 1. The van der Waals surface area contributed by atoms with E-state index in [0.717, 1.165) is 35.4 Å². The molecule has 4 heteroatoms. The van der Waals surface area contributed by atoms with E-state index in [9.17, 15) is 4.79 Å². The highest BCUT2D eigenvalue weighted by atomic mass is 16.7. The van der Waals surface area contributed by atoms with Gasteiger partial charge in [-0.05, 0) is 80.4 Å². The van der Waals surface area contributed by atoms with E-state index in [1.165, 1.54) is 32.1 Å². The van der Waals surface area contributed by atoms with Gasteiger partial charge in [0.15, 0.2) is 11.5 Å². The van der Waals surface area contributed by atoms with Gasteiger partial charge in [-0.1, -0.05) is 6.07 Å². The Kier molecular flexibility index (Phi) is 3.68. The van der Waals surface area contributed by atoms with Crippen LogP contribution in [0.25, 0.3) is 0 Å². The van der Waals surface area contributed by atoms with Gasteiger partial charge in [0.25, 0.3) is 0 Å². The molecule has 1 aromatic rings. The van der Waals surface area contributed by atoms with Crippen LogP contribution in [0.1, 0.15) is 44.6 Å². The van der Waals surface area contributed by atoms with Gasteiger partial charge in [0, 0.05) is 19.0 Å². The summed E-state index contributed by atoms with van der Waals surface area (Å²) in [6.45, 7) is 3.84. The predicted molar refractivity (Wildman–Crippen MR) is 94.2 cm³/mol. The summed E-state index contributed by atoms with van der Waals surface area (Å²) in [5, 5.41) is 0. The Labute approximate surface area is 149 Å². The molecule has 0 N–H and O–H groups in total. The highest BCUT2D eigenvalue weighted by Gasteiger charge is 2.51. The van der Waals surface area contributed by atoms with Crippen LogP contribution in [0.2, 0.25) is 0 Å². The van der Waals surface area contributed by atoms with E-state index >= 15 is 0 Å². The van der Waals surface area contributed by atoms with Crippen LogP contribution in [0.5, 0.6) is 11.5 Å². The molecule has 1 aliphatic heterocycles. The highest BCUT2D eigenvalue weighted by Crippen LogP contribution is 2.56. The monoisotopic (exact) mass is 341 g/mol. The molecule has 0 atom stereocenters. The number of rotatable bonds is 4. The van der Waals surface area contributed by atoms with E-state index < -0.39 is 0 Å². The molecule has 5 aliphatic rings. The molecule has 0 saturated heterocycles. The SMILES string of the molecule is CCN(Cc1ccc2c(c1)OCO2)C(=O)C1C2CC3CC(C2)CC1C3. The molecule has 0 aromatic heterocycles. The molecule has 134 valence electrons. The van der Waals surface area contributed by atoms with Gasteiger partial charge in [-0.3, -0.25) is 4.79 Å². The second kappa shape index (κ2) is 5.93. The first-order valence-corrected chi connectivity index (χ1v) is 9.88. The van der Waals surface area contributed by atoms with E-state index in [1.54, 1.807) is 0 Å². The molecule has 4 nitrogen and oxygen atoms in total. The molecule has 0 radical (unpaired) electrons. The maximum Gasteiger partial charge on any atom is 0.231 e. The molecule has 4 bridgehead atoms. The molecular weight excluding hydrogens is 314 g/mol. The summed E-state index contributed by atoms with van der Waals surface area (Å²) in [6, 6.07) is 6.04. The van der Waals surface area contributed by atoms with Gasteiger partial charge in [0.05, 0.1) is 0 Å². The largest absolute Gasteiger partial charge is 0.454 e. The van der Waals surface area contributed by atoms with Gasteiger partial charge in [-0.15, -0.1) is 0 Å². The fourth-order valence-electron chi connectivity index (χ4n) is 6.14. The molecule has 4 saturated carbocycles. The number of hydrogen-bond donors (Lipinski definition) is 0. The fourth-order valence-corrected chi connectivity index (χ4v) is 6.14. The lowest BCUT2D eigenvalue weighted by molar-refractivity contribution is -0.149. The van der Waals surface area contributed by atoms with Crippen LogP contribution in [0.15, 0.2) is 18.2 Å². The molecule has 4 fully saturated rings. The van der Waals surface area contributed by atoms with Gasteiger partial charge in [0.1, 0.15) is 0 Å². The van der Waals surface area contributed by atoms with Gasteiger partial charge >= 0.3 is 0 Å². The van der Waals surface area contributed by atoms with Gasteiger partial charge in [-0.25, -0.2) is 0 Å². The van der Waals surface area contributed by atoms with Gasteiger partial charge in [0.2, 0.25) is 12.7 Å². The minimum atomic E-state index is 0.279. The Morgan fingerprint density at radius 2 is 1.72 bits per heavy atom. The Morgan fingerprint density at radius 3 is 2.40 bits per heavy atom. The molecule has 1 aromatic carbocycles. The molecule has 0 spiro atoms. The number of benzene rings is 1. The molecule has 1 amide bonds. The summed E-state index contributed by atoms with van der Waals surface area (Å²) in [5.74, 6) is 5.40. The summed E-state index contributed by atoms with van der Waals surface area (Å²) >= 11 is 0. The van der Waals surface area contributed by atoms with Crippen LogP contribution >= 0.6 is 0 Å². The first kappa shape index (κ1) is 15.5. The standard InChI is InChI=1S/C21H27NO3/c1-2-22(11-13-3-4-18-19(10-13)25-12-24-18)21(23)20-16-6-14-5-15(8-16)9-17(20)7-14/h3-4,10,14-17,20H,2,5-9,11-12H2,1H3. The second-order valence-corrected chi connectivity index (χ2v) is 8.50. The van der Waals surface area contributed by atoms with Crippen LogP contribution in [0.4, 0.5) is 0 Å². The summed E-state index contributed by atoms with van der Waals surface area (Å²) in [7, 11) is 0. The maximum atomic E-state index is 13.4. The minimum absolute atomic E-state index is 0.279. The number of hydrogen-bond acceptors (Lipinski definition) is 3. The molecule has 4 aliphatic carbocycles. The third-order valence-electron chi connectivity index (χ3n) is 7.02. The van der Waals surface area contributed by atoms with E-state index in [4.69, 9.17) is 9.47 Å². The molecule has 25 heavy (non-hydrogen) atoms. The van der Waals surface area contributed by atoms with Crippen molar-refractivity contribution in [2.45, 2.75) is 45.6 Å². The molecule has 6 rings (SSSR count). The van der Waals surface area contributed by atoms with E-state index in [0.29, 0.717) is 31.1 Å². The number of fused-ring (bicyclic) bond motifs is 1. The Bertz CT molecular complexity index is 658. The lowest BCUT2D eigenvalue weighted by Gasteiger charge is -2.54. The van der Waals surface area contributed by atoms with Crippen molar-refractivity contribution in [2.24, 2.45) is 29.6 Å². The average Bonchev–Trinajstić information content (AvgIpc) is 3.06. The van der Waals surface area contributed by atoms with Crippen molar-refractivity contribution in [3.8, 4) is 11.5 Å². The highest BCUT2D eigenvalue weighted by molar-refractivity contribution is 5.80. The molecule has 1 heterocycles. The van der Waals surface area contributed by atoms with E-state index in [2.05, 4.69) is 17.9 Å². The molecule has 0 unspecified atom stereocenters. The van der Waals surface area contributed by atoms with Crippen LogP contribution in [-0.2, 0) is 11.3 Å². The Balaban J connectivity index is 1.33. The summed E-state index contributed by atoms with van der Waals surface area (Å²) in [4.78, 5) is 15.4. The number of ether oxygens (including phenoxy) is 2. The first-order chi connectivity index (χ1) is 12.2. The summed E-state index contributed by atoms with van der Waals surface area (Å²) in [6.07, 6.45) is 6.62. The Morgan fingerprint density at radius 1 is 1.04 bits per heavy atom. The van der Waals surface area contributed by atoms with Gasteiger partial charge < -0.3 is 14.4 Å². The van der Waals surface area contributed by atoms with Crippen molar-refractivity contribution in [3.05, 3.63) is 23.8 Å². The normalized spacial score (nSPS) is 34.4. The zero-order valence-electron chi connectivity index (χ0n) is 14.9. The lowest BCUT2D eigenvalue weighted by Crippen LogP contribution is -2.51. The minimum Gasteiger partial charge on any atom is -0.454 e. The number of carbonyl (C=O) groups is 1. The van der Waals surface area contributed by atoms with Crippen molar-refractivity contribution < 1.29 is 14.3 Å². The zero-order chi connectivity index (χ0) is 17.0. The third-order valence-corrected chi connectivity index (χ3v) is 7.02. The zero-order valence-corrected chi connectivity index (χ0v) is 14.9. The van der Waals surface area contributed by atoms with Crippen molar-refractivity contribution in [2.75, 3.05) is 13.3 Å². The van der Waals surface area contributed by atoms with Crippen LogP contribution in [-0.4, -0.2) is 24.1 Å². The summed E-state index contributed by atoms with van der Waals surface area (Å²) in [5.41, 5.74) is 1.13. The van der Waals surface area contributed by atoms with E-state index in [-0.39, 0.29) is 5.92 Å². The quantitative estimate of drug-likeness (QED) is 0.835. The van der Waals surface area contributed by atoms with Crippen molar-refractivity contribution >= 4 is 5.91 Å². The smallest absolute Gasteiger partial charge is 0.231 e. The molecular formula is C21H27NO3. The lowest BCUT2D eigenvalue weighted by atomic mass is 9.51. The third kappa shape index (κ3) is 2.61. The number of carbonyl (C=O) groups excluding carboxylic acids is 1. The van der Waals surface area contributed by atoms with E-state index in [1.807, 2.05) is 12.1 Å². The second-order valence-electron chi connectivity index (χ2n) is 8.50.